The van der Waals surface area contributed by atoms with Crippen LogP contribution in [0, 0.1) is 6.92 Å². The lowest BCUT2D eigenvalue weighted by atomic mass is 9.98. The topological polar surface area (TPSA) is 60.6 Å². The van der Waals surface area contributed by atoms with Gasteiger partial charge in [0.15, 0.2) is 0 Å². The van der Waals surface area contributed by atoms with Crippen LogP contribution in [0.4, 0.5) is 0 Å². The first kappa shape index (κ1) is 29.8. The number of allylic oxidation sites excluding steroid dienone is 7. The van der Waals surface area contributed by atoms with Crippen LogP contribution in [0.5, 0.6) is 0 Å². The summed E-state index contributed by atoms with van der Waals surface area (Å²) in [4.78, 5) is 9.85. The Balaban J connectivity index is 0.00000247. The second kappa shape index (κ2) is 14.4. The first-order chi connectivity index (χ1) is 18.3. The fraction of sp³-hybridized carbons (Fsp3) is 0.212. The van der Waals surface area contributed by atoms with Crippen molar-refractivity contribution in [3.05, 3.63) is 125 Å². The summed E-state index contributed by atoms with van der Waals surface area (Å²) in [5, 5.41) is 9.74. The lowest BCUT2D eigenvalue weighted by molar-refractivity contribution is 0.530. The van der Waals surface area contributed by atoms with Crippen LogP contribution in [0.15, 0.2) is 97.6 Å². The van der Waals surface area contributed by atoms with Crippen LogP contribution < -0.4 is 10.6 Å². The van der Waals surface area contributed by atoms with E-state index in [1.807, 2.05) is 83.2 Å². The molecule has 5 heteroatoms. The third kappa shape index (κ3) is 6.88. The van der Waals surface area contributed by atoms with E-state index in [1.165, 1.54) is 0 Å². The molecule has 38 heavy (non-hydrogen) atoms. The molecule has 3 aromatic rings. The zero-order chi connectivity index (χ0) is 28.2. The molecule has 0 atom stereocenters. The van der Waals surface area contributed by atoms with Crippen molar-refractivity contribution in [3.8, 4) is 11.4 Å². The molecule has 2 N–H and O–H groups in total. The van der Waals surface area contributed by atoms with Gasteiger partial charge in [-0.1, -0.05) is 64.0 Å². The third-order valence-corrected chi connectivity index (χ3v) is 5.97. The number of nitrogens with one attached hydrogen (secondary N) is 2. The summed E-state index contributed by atoms with van der Waals surface area (Å²) < 4.78 is 0. The first-order valence-electron chi connectivity index (χ1n) is 12.9. The molecule has 3 aromatic heterocycles. The zero-order valence-electron chi connectivity index (χ0n) is 23.9. The molecular formula is C33H41N5. The highest BCUT2D eigenvalue weighted by Gasteiger charge is 2.15. The predicted octanol–water partition coefficient (Wildman–Crippen LogP) is 6.47. The second-order valence-electron chi connectivity index (χ2n) is 8.55. The molecule has 0 bridgehead atoms. The molecule has 0 saturated carbocycles. The Morgan fingerprint density at radius 1 is 1.13 bits per heavy atom. The molecule has 0 spiro atoms. The molecule has 0 amide bonds. The molecule has 0 aliphatic heterocycles. The maximum atomic E-state index is 4.66. The van der Waals surface area contributed by atoms with Crippen molar-refractivity contribution >= 4 is 17.7 Å². The normalized spacial score (nSPS) is 13.2. The molecule has 0 aliphatic rings. The van der Waals surface area contributed by atoms with Gasteiger partial charge in [-0.3, -0.25) is 10.1 Å². The highest BCUT2D eigenvalue weighted by molar-refractivity contribution is 5.84. The highest BCUT2D eigenvalue weighted by Crippen LogP contribution is 2.29. The number of aromatic amines is 2. The van der Waals surface area contributed by atoms with Gasteiger partial charge in [-0.15, -0.1) is 0 Å². The first-order valence-corrected chi connectivity index (χ1v) is 12.9. The van der Waals surface area contributed by atoms with Crippen LogP contribution in [-0.4, -0.2) is 39.2 Å². The van der Waals surface area contributed by atoms with E-state index in [9.17, 15) is 0 Å². The third-order valence-electron chi connectivity index (χ3n) is 5.97. The van der Waals surface area contributed by atoms with Crippen molar-refractivity contribution in [3.63, 3.8) is 0 Å². The van der Waals surface area contributed by atoms with Gasteiger partial charge in [-0.05, 0) is 67.9 Å². The quantitative estimate of drug-likeness (QED) is 0.327. The number of hydrogen-bond donors (Lipinski definition) is 2. The van der Waals surface area contributed by atoms with Gasteiger partial charge in [0, 0.05) is 54.2 Å². The van der Waals surface area contributed by atoms with Gasteiger partial charge >= 0.3 is 0 Å². The Morgan fingerprint density at radius 3 is 2.42 bits per heavy atom. The van der Waals surface area contributed by atoms with Crippen LogP contribution in [0.3, 0.4) is 0 Å². The summed E-state index contributed by atoms with van der Waals surface area (Å²) in [5.41, 5.74) is 8.85. The number of likely N-dealkylation sites (N-methyl/N-ethyl adjacent to an activating group) is 1. The molecule has 5 nitrogen and oxygen atoms in total. The summed E-state index contributed by atoms with van der Waals surface area (Å²) in [7, 11) is 3.99. The number of H-pyrrole nitrogens is 2. The molecule has 198 valence electrons. The highest BCUT2D eigenvalue weighted by atomic mass is 15.1. The minimum Gasteiger partial charge on any atom is -0.378 e. The molecule has 0 radical (unpaired) electrons. The van der Waals surface area contributed by atoms with E-state index in [2.05, 4.69) is 71.1 Å². The minimum absolute atomic E-state index is 0.832. The Hall–Kier alpha value is -4.38. The fourth-order valence-electron chi connectivity index (χ4n) is 4.03. The van der Waals surface area contributed by atoms with Gasteiger partial charge in [-0.2, -0.15) is 5.10 Å². The van der Waals surface area contributed by atoms with E-state index in [0.29, 0.717) is 0 Å². The molecular weight excluding hydrogens is 466 g/mol. The number of rotatable bonds is 9. The van der Waals surface area contributed by atoms with Crippen molar-refractivity contribution < 1.29 is 0 Å². The number of pyridine rings is 1. The van der Waals surface area contributed by atoms with Crippen LogP contribution >= 0.6 is 0 Å². The average Bonchev–Trinajstić information content (AvgIpc) is 3.51. The fourth-order valence-corrected chi connectivity index (χ4v) is 4.03. The van der Waals surface area contributed by atoms with Crippen molar-refractivity contribution in [2.24, 2.45) is 0 Å². The molecule has 0 fully saturated rings. The lowest BCUT2D eigenvalue weighted by Gasteiger charge is -2.14. The zero-order valence-corrected chi connectivity index (χ0v) is 23.9. The Bertz CT molecular complexity index is 1470. The van der Waals surface area contributed by atoms with Crippen LogP contribution in [-0.2, 0) is 0 Å². The average molecular weight is 508 g/mol. The molecule has 3 heterocycles. The molecule has 0 saturated heterocycles. The Morgan fingerprint density at radius 2 is 1.87 bits per heavy atom. The van der Waals surface area contributed by atoms with Crippen LogP contribution in [0.1, 0.15) is 44.5 Å². The summed E-state index contributed by atoms with van der Waals surface area (Å²) in [6, 6.07) is 6.12. The monoisotopic (exact) mass is 507 g/mol. The number of nitrogens with zero attached hydrogens (tertiary/aromatic N) is 3. The minimum atomic E-state index is 0.832. The summed E-state index contributed by atoms with van der Waals surface area (Å²) in [6.07, 6.45) is 17.5. The summed E-state index contributed by atoms with van der Waals surface area (Å²) >= 11 is 0. The van der Waals surface area contributed by atoms with Gasteiger partial charge in [0.05, 0.1) is 11.0 Å². The van der Waals surface area contributed by atoms with E-state index < -0.39 is 0 Å². The summed E-state index contributed by atoms with van der Waals surface area (Å²) in [6.45, 7) is 22.3. The van der Waals surface area contributed by atoms with E-state index in [4.69, 9.17) is 0 Å². The Kier molecular flexibility index (Phi) is 11.3. The van der Waals surface area contributed by atoms with Gasteiger partial charge < -0.3 is 9.88 Å². The maximum Gasteiger partial charge on any atom is 0.116 e. The second-order valence-corrected chi connectivity index (χ2v) is 8.55. The molecule has 0 aliphatic carbocycles. The van der Waals surface area contributed by atoms with Crippen molar-refractivity contribution in [2.45, 2.75) is 34.6 Å². The SMILES string of the molecule is C=C/C=C(/c1cccnc1)c1cc(-c2n[nH]c(=C/C)/c2=C\C(=C)C(=C/C)/C=C(\C=C)N(C)C)[nH]c1C.CC. The number of hydrogen-bond acceptors (Lipinski definition) is 3. The Labute approximate surface area is 227 Å². The smallest absolute Gasteiger partial charge is 0.116 e. The molecule has 0 unspecified atom stereocenters. The maximum absolute atomic E-state index is 4.66. The van der Waals surface area contributed by atoms with Crippen LogP contribution in [0.2, 0.25) is 0 Å². The van der Waals surface area contributed by atoms with Crippen molar-refractivity contribution in [1.82, 2.24) is 25.1 Å². The largest absolute Gasteiger partial charge is 0.378 e. The van der Waals surface area contributed by atoms with E-state index in [1.54, 1.807) is 12.3 Å². The predicted molar refractivity (Wildman–Crippen MR) is 165 cm³/mol. The van der Waals surface area contributed by atoms with E-state index in [-0.39, 0.29) is 0 Å². The summed E-state index contributed by atoms with van der Waals surface area (Å²) in [5.74, 6) is 0. The van der Waals surface area contributed by atoms with E-state index >= 15 is 0 Å². The van der Waals surface area contributed by atoms with Gasteiger partial charge in [0.1, 0.15) is 5.69 Å². The number of aromatic nitrogens is 4. The van der Waals surface area contributed by atoms with E-state index in [0.717, 1.165) is 61.2 Å². The van der Waals surface area contributed by atoms with Gasteiger partial charge in [0.2, 0.25) is 0 Å². The van der Waals surface area contributed by atoms with Gasteiger partial charge in [-0.25, -0.2) is 0 Å². The number of aryl methyl sites for hydroxylation is 1. The van der Waals surface area contributed by atoms with Gasteiger partial charge in [0.25, 0.3) is 0 Å². The van der Waals surface area contributed by atoms with Crippen LogP contribution in [0.25, 0.3) is 29.1 Å². The molecule has 0 aromatic carbocycles. The standard InChI is InChI=1S/C31H35N5.C2H6/c1-9-14-26(24-15-13-16-32-20-24)27-19-30(33-22(27)6)31-28(29(12-4)34-35-31)17-21(5)23(10-2)18-25(11-3)36(7)8;1-2/h9-20,33-34H,1,3,5H2,2,4,6-8H3;1-2H3/b23-10+,25-18+,26-14-,28-17+,29-12+;. The van der Waals surface area contributed by atoms with Crippen molar-refractivity contribution in [1.29, 1.82) is 0 Å². The van der Waals surface area contributed by atoms with Crippen molar-refractivity contribution in [2.75, 3.05) is 14.1 Å². The lowest BCUT2D eigenvalue weighted by Crippen LogP contribution is -2.23. The molecule has 3 rings (SSSR count).